The van der Waals surface area contributed by atoms with E-state index in [0.29, 0.717) is 16.9 Å². The van der Waals surface area contributed by atoms with E-state index in [1.54, 1.807) is 0 Å². The van der Waals surface area contributed by atoms with E-state index in [0.717, 1.165) is 13.1 Å². The molecule has 0 radical (unpaired) electrons. The van der Waals surface area contributed by atoms with E-state index in [2.05, 4.69) is 0 Å². The second-order valence-corrected chi connectivity index (χ2v) is 7.92. The van der Waals surface area contributed by atoms with Crippen LogP contribution < -0.4 is 0 Å². The maximum absolute atomic E-state index is 11.5. The normalized spacial score (nSPS) is 13.9. The molecule has 2 nitrogen and oxygen atoms in total. The van der Waals surface area contributed by atoms with Gasteiger partial charge < -0.3 is 4.90 Å². The molecular weight excluding hydrogens is 263 g/mol. The molecule has 0 aromatic rings. The maximum atomic E-state index is 11.5. The lowest BCUT2D eigenvalue weighted by Crippen LogP contribution is -2.20. The van der Waals surface area contributed by atoms with Gasteiger partial charge in [0.05, 0.1) is 5.31 Å². The molecule has 0 aliphatic heterocycles. The smallest absolute Gasteiger partial charge is 0.280 e. The Labute approximate surface area is 100 Å². The van der Waals surface area contributed by atoms with Gasteiger partial charge in [0, 0.05) is 13.1 Å². The molecule has 0 N–H and O–H groups in total. The lowest BCUT2D eigenvalue weighted by atomic mass is 10.4. The fourth-order valence-corrected chi connectivity index (χ4v) is 4.03. The summed E-state index contributed by atoms with van der Waals surface area (Å²) in [4.78, 5) is 1.87. The molecule has 0 saturated heterocycles. The van der Waals surface area contributed by atoms with E-state index in [1.165, 1.54) is 0 Å². The first kappa shape index (κ1) is 14.6. The average molecular weight is 279 g/mol. The van der Waals surface area contributed by atoms with Crippen LogP contribution in [0.2, 0.25) is 0 Å². The fourth-order valence-electron chi connectivity index (χ4n) is 1.12. The SMILES string of the molecule is CC/C(=C(\Cl)N(CC)CC)P(=O)(Cl)Cl. The van der Waals surface area contributed by atoms with Gasteiger partial charge in [-0.3, -0.25) is 4.57 Å². The van der Waals surface area contributed by atoms with Crippen LogP contribution >= 0.6 is 39.9 Å². The Kier molecular flexibility index (Phi) is 6.56. The van der Waals surface area contributed by atoms with Crippen molar-refractivity contribution in [1.82, 2.24) is 4.90 Å². The number of hydrogen-bond donors (Lipinski definition) is 0. The highest BCUT2D eigenvalue weighted by Crippen LogP contribution is 2.66. The molecule has 14 heavy (non-hydrogen) atoms. The van der Waals surface area contributed by atoms with Gasteiger partial charge in [0.25, 0.3) is 5.85 Å². The first-order chi connectivity index (χ1) is 6.38. The zero-order valence-corrected chi connectivity index (χ0v) is 11.7. The molecule has 0 unspecified atom stereocenters. The Morgan fingerprint density at radius 2 is 1.64 bits per heavy atom. The van der Waals surface area contributed by atoms with E-state index < -0.39 is 5.85 Å². The Balaban J connectivity index is 5.11. The minimum atomic E-state index is -3.26. The third-order valence-corrected chi connectivity index (χ3v) is 4.91. The third kappa shape index (κ3) is 4.02. The van der Waals surface area contributed by atoms with Gasteiger partial charge in [0.15, 0.2) is 0 Å². The van der Waals surface area contributed by atoms with Crippen molar-refractivity contribution in [3.8, 4) is 0 Å². The largest absolute Gasteiger partial charge is 0.362 e. The van der Waals surface area contributed by atoms with Crippen LogP contribution in [0.3, 0.4) is 0 Å². The zero-order chi connectivity index (χ0) is 11.4. The molecule has 0 bridgehead atoms. The minimum Gasteiger partial charge on any atom is -0.362 e. The molecular formula is C8H15Cl3NOP. The van der Waals surface area contributed by atoms with Crippen LogP contribution in [0.4, 0.5) is 0 Å². The molecule has 84 valence electrons. The first-order valence-corrected chi connectivity index (χ1v) is 8.41. The summed E-state index contributed by atoms with van der Waals surface area (Å²) < 4.78 is 11.5. The molecule has 6 heteroatoms. The second-order valence-electron chi connectivity index (χ2n) is 2.73. The van der Waals surface area contributed by atoms with Crippen LogP contribution in [0.5, 0.6) is 0 Å². The highest BCUT2D eigenvalue weighted by molar-refractivity contribution is 8.11. The summed E-state index contributed by atoms with van der Waals surface area (Å²) in [7, 11) is 0. The second kappa shape index (κ2) is 6.27. The van der Waals surface area contributed by atoms with Gasteiger partial charge in [-0.25, -0.2) is 0 Å². The van der Waals surface area contributed by atoms with Crippen molar-refractivity contribution < 1.29 is 4.57 Å². The van der Waals surface area contributed by atoms with Crippen LogP contribution in [0.25, 0.3) is 0 Å². The van der Waals surface area contributed by atoms with Crippen LogP contribution in [0.15, 0.2) is 10.5 Å². The summed E-state index contributed by atoms with van der Waals surface area (Å²) >= 11 is 17.3. The quantitative estimate of drug-likeness (QED) is 0.531. The molecule has 0 aliphatic rings. The van der Waals surface area contributed by atoms with Crippen molar-refractivity contribution in [3.05, 3.63) is 10.5 Å². The van der Waals surface area contributed by atoms with E-state index in [-0.39, 0.29) is 0 Å². The Bertz CT molecular complexity index is 257. The minimum absolute atomic E-state index is 0.422. The van der Waals surface area contributed by atoms with E-state index in [1.807, 2.05) is 25.7 Å². The van der Waals surface area contributed by atoms with Crippen molar-refractivity contribution in [2.75, 3.05) is 13.1 Å². The molecule has 0 fully saturated rings. The highest BCUT2D eigenvalue weighted by atomic mass is 35.9. The molecule has 0 amide bonds. The molecule has 0 saturated carbocycles. The molecule has 0 aromatic carbocycles. The summed E-state index contributed by atoms with van der Waals surface area (Å²) in [5.41, 5.74) is 0. The standard InChI is InChI=1S/C8H15Cl3NOP/c1-4-7(14(10,11)13)8(9)12(5-2)6-3/h4-6H2,1-3H3/b8-7-. The van der Waals surface area contributed by atoms with Crippen LogP contribution in [0, 0.1) is 0 Å². The summed E-state index contributed by atoms with van der Waals surface area (Å²) in [5.74, 6) is -3.26. The number of rotatable bonds is 5. The van der Waals surface area contributed by atoms with Gasteiger partial charge in [-0.2, -0.15) is 0 Å². The van der Waals surface area contributed by atoms with E-state index in [4.69, 9.17) is 34.1 Å². The van der Waals surface area contributed by atoms with Gasteiger partial charge in [0.2, 0.25) is 0 Å². The summed E-state index contributed by atoms with van der Waals surface area (Å²) in [6.45, 7) is 7.25. The zero-order valence-electron chi connectivity index (χ0n) is 8.56. The average Bonchev–Trinajstić information content (AvgIpc) is 2.05. The van der Waals surface area contributed by atoms with Crippen molar-refractivity contribution in [2.45, 2.75) is 27.2 Å². The topological polar surface area (TPSA) is 20.3 Å². The third-order valence-electron chi connectivity index (χ3n) is 1.93. The van der Waals surface area contributed by atoms with Crippen molar-refractivity contribution >= 4 is 39.9 Å². The predicted octanol–water partition coefficient (Wildman–Crippen LogP) is 4.82. The predicted molar refractivity (Wildman–Crippen MR) is 65.4 cm³/mol. The van der Waals surface area contributed by atoms with Crippen LogP contribution in [-0.4, -0.2) is 18.0 Å². The number of allylic oxidation sites excluding steroid dienone is 1. The number of nitrogens with zero attached hydrogens (tertiary/aromatic N) is 1. The Morgan fingerprint density at radius 1 is 1.21 bits per heavy atom. The van der Waals surface area contributed by atoms with Gasteiger partial charge >= 0.3 is 0 Å². The molecule has 0 aromatic heterocycles. The van der Waals surface area contributed by atoms with Gasteiger partial charge in [-0.15, -0.1) is 0 Å². The van der Waals surface area contributed by atoms with Gasteiger partial charge in [0.1, 0.15) is 5.16 Å². The van der Waals surface area contributed by atoms with Crippen molar-refractivity contribution in [2.24, 2.45) is 0 Å². The molecule has 0 spiro atoms. The maximum Gasteiger partial charge on any atom is 0.280 e. The molecule has 0 heterocycles. The van der Waals surface area contributed by atoms with Crippen LogP contribution in [0.1, 0.15) is 27.2 Å². The summed E-state index contributed by atoms with van der Waals surface area (Å²) in [5, 5.41) is 0.858. The monoisotopic (exact) mass is 277 g/mol. The Morgan fingerprint density at radius 3 is 1.86 bits per heavy atom. The summed E-state index contributed by atoms with van der Waals surface area (Å²) in [6.07, 6.45) is 0.500. The number of hydrogen-bond acceptors (Lipinski definition) is 2. The van der Waals surface area contributed by atoms with E-state index in [9.17, 15) is 4.57 Å². The first-order valence-electron chi connectivity index (χ1n) is 4.51. The molecule has 0 aliphatic carbocycles. The Hall–Kier alpha value is 0.640. The summed E-state index contributed by atoms with van der Waals surface area (Å²) in [6, 6.07) is 0. The van der Waals surface area contributed by atoms with Gasteiger partial charge in [-0.05, 0) is 42.7 Å². The lowest BCUT2D eigenvalue weighted by molar-refractivity contribution is 0.403. The fraction of sp³-hybridized carbons (Fsp3) is 0.750. The van der Waals surface area contributed by atoms with Gasteiger partial charge in [-0.1, -0.05) is 18.5 Å². The highest BCUT2D eigenvalue weighted by Gasteiger charge is 2.24. The molecule has 0 rings (SSSR count). The number of halogens is 3. The van der Waals surface area contributed by atoms with Crippen molar-refractivity contribution in [1.29, 1.82) is 0 Å². The van der Waals surface area contributed by atoms with E-state index >= 15 is 0 Å². The van der Waals surface area contributed by atoms with Crippen molar-refractivity contribution in [3.63, 3.8) is 0 Å². The van der Waals surface area contributed by atoms with Crippen LogP contribution in [-0.2, 0) is 4.57 Å². The lowest BCUT2D eigenvalue weighted by Gasteiger charge is -2.22. The molecule has 0 atom stereocenters.